The molecule has 1 aliphatic carbocycles. The van der Waals surface area contributed by atoms with Gasteiger partial charge in [-0.25, -0.2) is 4.98 Å². The summed E-state index contributed by atoms with van der Waals surface area (Å²) in [5.74, 6) is 1.92. The average Bonchev–Trinajstić information content (AvgIpc) is 3.32. The summed E-state index contributed by atoms with van der Waals surface area (Å²) in [6, 6.07) is 7.14. The van der Waals surface area contributed by atoms with Crippen molar-refractivity contribution in [3.05, 3.63) is 23.9 Å². The highest BCUT2D eigenvalue weighted by Crippen LogP contribution is 2.21. The second kappa shape index (κ2) is 6.75. The molecule has 0 atom stereocenters. The fourth-order valence-electron chi connectivity index (χ4n) is 3.04. The van der Waals surface area contributed by atoms with Crippen molar-refractivity contribution in [2.75, 3.05) is 38.6 Å². The summed E-state index contributed by atoms with van der Waals surface area (Å²) >= 11 is 0. The topological polar surface area (TPSA) is 31.4 Å². The third-order valence-electron chi connectivity index (χ3n) is 4.70. The third-order valence-corrected chi connectivity index (χ3v) is 4.70. The quantitative estimate of drug-likeness (QED) is 0.869. The van der Waals surface area contributed by atoms with E-state index in [-0.39, 0.29) is 0 Å². The molecule has 0 spiro atoms. The predicted octanol–water partition coefficient (Wildman–Crippen LogP) is 2.11. The molecule has 2 heterocycles. The summed E-state index contributed by atoms with van der Waals surface area (Å²) in [4.78, 5) is 9.57. The van der Waals surface area contributed by atoms with E-state index < -0.39 is 0 Å². The first-order valence-electron chi connectivity index (χ1n) is 8.29. The summed E-state index contributed by atoms with van der Waals surface area (Å²) in [6.07, 6.45) is 5.28. The van der Waals surface area contributed by atoms with E-state index in [2.05, 4.69) is 47.4 Å². The highest BCUT2D eigenvalue weighted by molar-refractivity contribution is 5.38. The van der Waals surface area contributed by atoms with E-state index in [1.54, 1.807) is 0 Å². The molecule has 1 aliphatic heterocycles. The van der Waals surface area contributed by atoms with Crippen LogP contribution in [0.15, 0.2) is 18.2 Å². The second-order valence-corrected chi connectivity index (χ2v) is 6.77. The maximum absolute atomic E-state index is 4.81. The Labute approximate surface area is 128 Å². The van der Waals surface area contributed by atoms with Crippen LogP contribution >= 0.6 is 0 Å². The van der Waals surface area contributed by atoms with Gasteiger partial charge in [-0.3, -0.25) is 0 Å². The molecule has 4 nitrogen and oxygen atoms in total. The number of aromatic nitrogens is 1. The van der Waals surface area contributed by atoms with E-state index in [1.165, 1.54) is 38.8 Å². The van der Waals surface area contributed by atoms with E-state index in [0.717, 1.165) is 36.6 Å². The molecule has 116 valence electrons. The lowest BCUT2D eigenvalue weighted by atomic mass is 9.97. The second-order valence-electron chi connectivity index (χ2n) is 6.77. The lowest BCUT2D eigenvalue weighted by Crippen LogP contribution is -2.36. The van der Waals surface area contributed by atoms with Crippen molar-refractivity contribution in [3.63, 3.8) is 0 Å². The largest absolute Gasteiger partial charge is 0.359 e. The van der Waals surface area contributed by atoms with Gasteiger partial charge in [-0.2, -0.15) is 0 Å². The van der Waals surface area contributed by atoms with Gasteiger partial charge in [0.25, 0.3) is 0 Å². The number of hydrogen-bond acceptors (Lipinski definition) is 4. The fourth-order valence-corrected chi connectivity index (χ4v) is 3.04. The Morgan fingerprint density at radius 3 is 2.71 bits per heavy atom. The molecule has 3 rings (SSSR count). The van der Waals surface area contributed by atoms with E-state index in [9.17, 15) is 0 Å². The Hall–Kier alpha value is -1.13. The molecule has 21 heavy (non-hydrogen) atoms. The van der Waals surface area contributed by atoms with Crippen molar-refractivity contribution in [2.45, 2.75) is 38.3 Å². The van der Waals surface area contributed by atoms with Gasteiger partial charge in [-0.1, -0.05) is 6.07 Å². The standard InChI is InChI=1S/C17H28N4/c1-20-10-8-14(9-11-20)13-21(2)17-5-3-4-16(19-17)12-18-15-6-7-15/h3-5,14-15,18H,6-13H2,1-2H3. The zero-order valence-corrected chi connectivity index (χ0v) is 13.4. The molecular formula is C17H28N4. The van der Waals surface area contributed by atoms with Gasteiger partial charge in [0.15, 0.2) is 0 Å². The van der Waals surface area contributed by atoms with Crippen molar-refractivity contribution in [3.8, 4) is 0 Å². The number of pyridine rings is 1. The minimum absolute atomic E-state index is 0.743. The number of likely N-dealkylation sites (tertiary alicyclic amines) is 1. The molecule has 0 radical (unpaired) electrons. The number of nitrogens with one attached hydrogen (secondary N) is 1. The van der Waals surface area contributed by atoms with Gasteiger partial charge in [0.1, 0.15) is 5.82 Å². The first kappa shape index (κ1) is 14.8. The fraction of sp³-hybridized carbons (Fsp3) is 0.706. The summed E-state index contributed by atoms with van der Waals surface area (Å²) < 4.78 is 0. The summed E-state index contributed by atoms with van der Waals surface area (Å²) in [6.45, 7) is 4.50. The van der Waals surface area contributed by atoms with Gasteiger partial charge in [-0.05, 0) is 63.9 Å². The monoisotopic (exact) mass is 288 g/mol. The van der Waals surface area contributed by atoms with Crippen LogP contribution in [-0.2, 0) is 6.54 Å². The van der Waals surface area contributed by atoms with Crippen LogP contribution in [0.2, 0.25) is 0 Å². The third kappa shape index (κ3) is 4.42. The zero-order chi connectivity index (χ0) is 14.7. The molecule has 2 fully saturated rings. The number of nitrogens with zero attached hydrogens (tertiary/aromatic N) is 3. The Kier molecular flexibility index (Phi) is 4.76. The molecular weight excluding hydrogens is 260 g/mol. The van der Waals surface area contributed by atoms with Crippen LogP contribution < -0.4 is 10.2 Å². The molecule has 1 saturated heterocycles. The van der Waals surface area contributed by atoms with Gasteiger partial charge in [-0.15, -0.1) is 0 Å². The summed E-state index contributed by atoms with van der Waals surface area (Å²) in [7, 11) is 4.40. The van der Waals surface area contributed by atoms with Gasteiger partial charge in [0.05, 0.1) is 5.69 Å². The van der Waals surface area contributed by atoms with Crippen molar-refractivity contribution < 1.29 is 0 Å². The van der Waals surface area contributed by atoms with E-state index in [0.29, 0.717) is 0 Å². The maximum Gasteiger partial charge on any atom is 0.128 e. The molecule has 1 aromatic heterocycles. The van der Waals surface area contributed by atoms with Crippen molar-refractivity contribution in [1.29, 1.82) is 0 Å². The minimum atomic E-state index is 0.743. The van der Waals surface area contributed by atoms with Crippen molar-refractivity contribution >= 4 is 5.82 Å². The Balaban J connectivity index is 1.53. The van der Waals surface area contributed by atoms with Crippen LogP contribution in [0.1, 0.15) is 31.4 Å². The molecule has 0 unspecified atom stereocenters. The van der Waals surface area contributed by atoms with Crippen LogP contribution in [0, 0.1) is 5.92 Å². The molecule has 1 saturated carbocycles. The van der Waals surface area contributed by atoms with E-state index in [1.807, 2.05) is 0 Å². The number of rotatable bonds is 6. The van der Waals surface area contributed by atoms with Gasteiger partial charge < -0.3 is 15.1 Å². The van der Waals surface area contributed by atoms with Gasteiger partial charge in [0.2, 0.25) is 0 Å². The molecule has 4 heteroatoms. The summed E-state index contributed by atoms with van der Waals surface area (Å²) in [5, 5.41) is 3.54. The van der Waals surface area contributed by atoms with Crippen LogP contribution in [0.25, 0.3) is 0 Å². The molecule has 0 aromatic carbocycles. The SMILES string of the molecule is CN1CCC(CN(C)c2cccc(CNC3CC3)n2)CC1. The maximum atomic E-state index is 4.81. The van der Waals surface area contributed by atoms with E-state index in [4.69, 9.17) is 4.98 Å². The summed E-state index contributed by atoms with van der Waals surface area (Å²) in [5.41, 5.74) is 1.16. The van der Waals surface area contributed by atoms with Crippen LogP contribution in [-0.4, -0.2) is 49.7 Å². The number of anilines is 1. The average molecular weight is 288 g/mol. The lowest BCUT2D eigenvalue weighted by Gasteiger charge is -2.32. The molecule has 0 amide bonds. The Morgan fingerprint density at radius 1 is 1.24 bits per heavy atom. The highest BCUT2D eigenvalue weighted by atomic mass is 15.2. The first-order chi connectivity index (χ1) is 10.2. The molecule has 2 aliphatic rings. The smallest absolute Gasteiger partial charge is 0.128 e. The lowest BCUT2D eigenvalue weighted by molar-refractivity contribution is 0.222. The molecule has 0 bridgehead atoms. The molecule has 1 aromatic rings. The van der Waals surface area contributed by atoms with Gasteiger partial charge in [0, 0.05) is 26.2 Å². The Bertz CT molecular complexity index is 450. The first-order valence-corrected chi connectivity index (χ1v) is 8.29. The molecule has 1 N–H and O–H groups in total. The van der Waals surface area contributed by atoms with Crippen LogP contribution in [0.4, 0.5) is 5.82 Å². The van der Waals surface area contributed by atoms with E-state index >= 15 is 0 Å². The van der Waals surface area contributed by atoms with Gasteiger partial charge >= 0.3 is 0 Å². The number of piperidine rings is 1. The normalized spacial score (nSPS) is 20.7. The zero-order valence-electron chi connectivity index (χ0n) is 13.4. The van der Waals surface area contributed by atoms with Crippen molar-refractivity contribution in [1.82, 2.24) is 15.2 Å². The van der Waals surface area contributed by atoms with Crippen LogP contribution in [0.3, 0.4) is 0 Å². The Morgan fingerprint density at radius 2 is 2.00 bits per heavy atom. The number of hydrogen-bond donors (Lipinski definition) is 1. The van der Waals surface area contributed by atoms with Crippen LogP contribution in [0.5, 0.6) is 0 Å². The minimum Gasteiger partial charge on any atom is -0.359 e. The van der Waals surface area contributed by atoms with Crippen molar-refractivity contribution in [2.24, 2.45) is 5.92 Å². The highest BCUT2D eigenvalue weighted by Gasteiger charge is 2.21. The predicted molar refractivity (Wildman–Crippen MR) is 87.6 cm³/mol.